The van der Waals surface area contributed by atoms with Gasteiger partial charge in [0.25, 0.3) is 0 Å². The second kappa shape index (κ2) is 5.46. The normalized spacial score (nSPS) is 10.8. The lowest BCUT2D eigenvalue weighted by Gasteiger charge is -1.99. The molecule has 0 amide bonds. The second-order valence-corrected chi connectivity index (χ2v) is 5.02. The van der Waals surface area contributed by atoms with Crippen molar-refractivity contribution in [2.45, 2.75) is 19.9 Å². The molecule has 2 aromatic rings. The highest BCUT2D eigenvalue weighted by Crippen LogP contribution is 2.31. The van der Waals surface area contributed by atoms with Crippen LogP contribution in [0.3, 0.4) is 0 Å². The molecule has 0 saturated heterocycles. The molecule has 0 aliphatic heterocycles. The molecule has 1 aromatic heterocycles. The van der Waals surface area contributed by atoms with Crippen molar-refractivity contribution in [2.24, 2.45) is 0 Å². The number of phenolic OH excluding ortho intramolecular Hbond substituents is 1. The maximum absolute atomic E-state index is 13.8. The molecule has 18 heavy (non-hydrogen) atoms. The molecular formula is C13H15FN2OS. The lowest BCUT2D eigenvalue weighted by Crippen LogP contribution is -2.05. The van der Waals surface area contributed by atoms with Crippen molar-refractivity contribution in [3.63, 3.8) is 0 Å². The van der Waals surface area contributed by atoms with Crippen LogP contribution in [0.25, 0.3) is 10.6 Å². The number of hydrogen-bond donors (Lipinski definition) is 2. The molecule has 0 saturated carbocycles. The van der Waals surface area contributed by atoms with Crippen LogP contribution in [0.4, 0.5) is 4.39 Å². The molecule has 3 nitrogen and oxygen atoms in total. The summed E-state index contributed by atoms with van der Waals surface area (Å²) in [5, 5.41) is 13.0. The molecule has 0 spiro atoms. The van der Waals surface area contributed by atoms with Gasteiger partial charge in [-0.3, -0.25) is 0 Å². The van der Waals surface area contributed by atoms with Crippen molar-refractivity contribution in [1.29, 1.82) is 0 Å². The average molecular weight is 266 g/mol. The highest BCUT2D eigenvalue weighted by molar-refractivity contribution is 7.15. The fourth-order valence-electron chi connectivity index (χ4n) is 1.75. The molecular weight excluding hydrogens is 251 g/mol. The third-order valence-electron chi connectivity index (χ3n) is 2.63. The number of aryl methyl sites for hydroxylation is 1. The highest BCUT2D eigenvalue weighted by Gasteiger charge is 2.14. The van der Waals surface area contributed by atoms with Crippen LogP contribution in [-0.4, -0.2) is 17.1 Å². The molecule has 0 bridgehead atoms. The Hall–Kier alpha value is -1.46. The number of aromatic hydroxyl groups is 1. The lowest BCUT2D eigenvalue weighted by atomic mass is 10.2. The van der Waals surface area contributed by atoms with Gasteiger partial charge in [-0.25, -0.2) is 9.37 Å². The van der Waals surface area contributed by atoms with Crippen LogP contribution in [0.5, 0.6) is 5.75 Å². The van der Waals surface area contributed by atoms with Gasteiger partial charge in [0, 0.05) is 23.1 Å². The molecule has 2 N–H and O–H groups in total. The number of benzene rings is 1. The summed E-state index contributed by atoms with van der Waals surface area (Å²) in [5.74, 6) is -0.513. The van der Waals surface area contributed by atoms with Crippen molar-refractivity contribution >= 4 is 11.3 Å². The zero-order valence-corrected chi connectivity index (χ0v) is 11.1. The molecule has 0 aliphatic rings. The molecule has 5 heteroatoms. The van der Waals surface area contributed by atoms with E-state index in [0.717, 1.165) is 29.6 Å². The van der Waals surface area contributed by atoms with Gasteiger partial charge < -0.3 is 10.4 Å². The topological polar surface area (TPSA) is 45.2 Å². The number of hydrogen-bond acceptors (Lipinski definition) is 4. The van der Waals surface area contributed by atoms with Crippen LogP contribution in [0.15, 0.2) is 18.2 Å². The third kappa shape index (κ3) is 2.52. The maximum atomic E-state index is 13.8. The van der Waals surface area contributed by atoms with E-state index in [1.165, 1.54) is 17.4 Å². The number of rotatable bonds is 4. The number of halogens is 1. The predicted molar refractivity (Wildman–Crippen MR) is 71.3 cm³/mol. The van der Waals surface area contributed by atoms with E-state index in [0.29, 0.717) is 10.6 Å². The standard InChI is InChI=1S/C13H15FN2OS/c1-3-11-12(7-15-2)18-13(16-11)9-5-4-8(17)6-10(9)14/h4-6,15,17H,3,7H2,1-2H3. The van der Waals surface area contributed by atoms with Crippen molar-refractivity contribution < 1.29 is 9.50 Å². The van der Waals surface area contributed by atoms with Crippen molar-refractivity contribution in [1.82, 2.24) is 10.3 Å². The molecule has 1 heterocycles. The summed E-state index contributed by atoms with van der Waals surface area (Å²) in [5.41, 5.74) is 1.44. The monoisotopic (exact) mass is 266 g/mol. The Morgan fingerprint density at radius 2 is 2.22 bits per heavy atom. The van der Waals surface area contributed by atoms with Crippen LogP contribution in [0.2, 0.25) is 0 Å². The van der Waals surface area contributed by atoms with Crippen molar-refractivity contribution in [3.05, 3.63) is 34.6 Å². The minimum Gasteiger partial charge on any atom is -0.508 e. The Bertz CT molecular complexity index is 554. The summed E-state index contributed by atoms with van der Waals surface area (Å²) in [6.45, 7) is 2.77. The third-order valence-corrected chi connectivity index (χ3v) is 3.76. The zero-order valence-electron chi connectivity index (χ0n) is 10.3. The summed E-state index contributed by atoms with van der Waals surface area (Å²) >= 11 is 1.49. The van der Waals surface area contributed by atoms with Crippen molar-refractivity contribution in [3.8, 4) is 16.3 Å². The molecule has 0 radical (unpaired) electrons. The molecule has 0 aliphatic carbocycles. The number of phenols is 1. The Morgan fingerprint density at radius 3 is 2.83 bits per heavy atom. The first kappa shape index (κ1) is 13.0. The predicted octanol–water partition coefficient (Wildman–Crippen LogP) is 2.94. The first-order valence-corrected chi connectivity index (χ1v) is 6.59. The smallest absolute Gasteiger partial charge is 0.137 e. The quantitative estimate of drug-likeness (QED) is 0.894. The van der Waals surface area contributed by atoms with Gasteiger partial charge in [0.15, 0.2) is 0 Å². The van der Waals surface area contributed by atoms with E-state index in [9.17, 15) is 9.50 Å². The van der Waals surface area contributed by atoms with Crippen LogP contribution < -0.4 is 5.32 Å². The van der Waals surface area contributed by atoms with Gasteiger partial charge in [-0.05, 0) is 25.6 Å². The van der Waals surface area contributed by atoms with E-state index in [1.54, 1.807) is 6.07 Å². The van der Waals surface area contributed by atoms with Crippen LogP contribution in [-0.2, 0) is 13.0 Å². The zero-order chi connectivity index (χ0) is 13.1. The van der Waals surface area contributed by atoms with Gasteiger partial charge in [-0.1, -0.05) is 6.92 Å². The van der Waals surface area contributed by atoms with Crippen LogP contribution >= 0.6 is 11.3 Å². The first-order valence-electron chi connectivity index (χ1n) is 5.77. The van der Waals surface area contributed by atoms with E-state index in [4.69, 9.17) is 0 Å². The van der Waals surface area contributed by atoms with E-state index in [1.807, 2.05) is 14.0 Å². The number of nitrogens with zero attached hydrogens (tertiary/aromatic N) is 1. The molecule has 1 aromatic carbocycles. The Labute approximate surface area is 109 Å². The Balaban J connectivity index is 2.44. The number of nitrogens with one attached hydrogen (secondary N) is 1. The number of aromatic nitrogens is 1. The fourth-order valence-corrected chi connectivity index (χ4v) is 2.94. The summed E-state index contributed by atoms with van der Waals surface area (Å²) in [6.07, 6.45) is 0.827. The summed E-state index contributed by atoms with van der Waals surface area (Å²) in [7, 11) is 1.87. The Morgan fingerprint density at radius 1 is 1.44 bits per heavy atom. The fraction of sp³-hybridized carbons (Fsp3) is 0.308. The molecule has 0 atom stereocenters. The molecule has 0 unspecified atom stereocenters. The molecule has 2 rings (SSSR count). The van der Waals surface area contributed by atoms with Crippen LogP contribution in [0.1, 0.15) is 17.5 Å². The second-order valence-electron chi connectivity index (χ2n) is 3.94. The first-order chi connectivity index (χ1) is 8.65. The van der Waals surface area contributed by atoms with Gasteiger partial charge >= 0.3 is 0 Å². The van der Waals surface area contributed by atoms with E-state index >= 15 is 0 Å². The molecule has 96 valence electrons. The SMILES string of the molecule is CCc1nc(-c2ccc(O)cc2F)sc1CNC. The van der Waals surface area contributed by atoms with Crippen molar-refractivity contribution in [2.75, 3.05) is 7.05 Å². The van der Waals surface area contributed by atoms with Gasteiger partial charge in [-0.15, -0.1) is 11.3 Å². The Kier molecular flexibility index (Phi) is 3.93. The minimum absolute atomic E-state index is 0.0704. The summed E-state index contributed by atoms with van der Waals surface area (Å²) in [4.78, 5) is 5.59. The number of thiazole rings is 1. The highest BCUT2D eigenvalue weighted by atomic mass is 32.1. The lowest BCUT2D eigenvalue weighted by molar-refractivity contribution is 0.469. The average Bonchev–Trinajstić information content (AvgIpc) is 2.72. The van der Waals surface area contributed by atoms with Gasteiger partial charge in [-0.2, -0.15) is 0 Å². The van der Waals surface area contributed by atoms with Gasteiger partial charge in [0.05, 0.1) is 5.69 Å². The van der Waals surface area contributed by atoms with E-state index in [2.05, 4.69) is 10.3 Å². The minimum atomic E-state index is -0.442. The maximum Gasteiger partial charge on any atom is 0.137 e. The summed E-state index contributed by atoms with van der Waals surface area (Å²) in [6, 6.07) is 4.15. The summed E-state index contributed by atoms with van der Waals surface area (Å²) < 4.78 is 13.8. The van der Waals surface area contributed by atoms with E-state index < -0.39 is 5.82 Å². The molecule has 0 fully saturated rings. The van der Waals surface area contributed by atoms with E-state index in [-0.39, 0.29) is 5.75 Å². The van der Waals surface area contributed by atoms with Crippen LogP contribution in [0, 0.1) is 5.82 Å². The van der Waals surface area contributed by atoms with Gasteiger partial charge in [0.1, 0.15) is 16.6 Å². The van der Waals surface area contributed by atoms with Gasteiger partial charge in [0.2, 0.25) is 0 Å². The largest absolute Gasteiger partial charge is 0.508 e.